The molecule has 0 bridgehead atoms. The van der Waals surface area contributed by atoms with Crippen molar-refractivity contribution in [3.8, 4) is 11.5 Å². The Balaban J connectivity index is 2.16. The molecule has 1 atom stereocenters. The molecule has 6 heteroatoms. The van der Waals surface area contributed by atoms with E-state index < -0.39 is 17.7 Å². The predicted octanol–water partition coefficient (Wildman–Crippen LogP) is 5.83. The van der Waals surface area contributed by atoms with E-state index in [2.05, 4.69) is 6.92 Å². The Labute approximate surface area is 202 Å². The van der Waals surface area contributed by atoms with Crippen LogP contribution in [0.3, 0.4) is 0 Å². The first-order valence-electron chi connectivity index (χ1n) is 12.0. The fourth-order valence-corrected chi connectivity index (χ4v) is 4.39. The lowest BCUT2D eigenvalue weighted by Gasteiger charge is -2.25. The molecule has 1 unspecified atom stereocenters. The van der Waals surface area contributed by atoms with Crippen LogP contribution in [-0.4, -0.2) is 42.0 Å². The number of amides is 1. The number of carbonyl (C=O) groups is 2. The summed E-state index contributed by atoms with van der Waals surface area (Å²) in [4.78, 5) is 27.9. The molecule has 1 N–H and O–H groups in total. The summed E-state index contributed by atoms with van der Waals surface area (Å²) < 4.78 is 11.1. The number of Topliss-reactive ketones (excluding diaryl/α,β-unsaturated/α-hetero) is 1. The number of carbonyl (C=O) groups excluding carboxylic acids is 2. The highest BCUT2D eigenvalue weighted by Gasteiger charge is 2.45. The third-order valence-electron chi connectivity index (χ3n) is 6.16. The zero-order chi connectivity index (χ0) is 24.8. The van der Waals surface area contributed by atoms with Crippen molar-refractivity contribution in [2.24, 2.45) is 0 Å². The van der Waals surface area contributed by atoms with E-state index in [0.717, 1.165) is 36.1 Å². The van der Waals surface area contributed by atoms with Gasteiger partial charge in [0.2, 0.25) is 0 Å². The molecule has 1 aliphatic rings. The van der Waals surface area contributed by atoms with E-state index in [1.807, 2.05) is 57.2 Å². The smallest absolute Gasteiger partial charge is 0.295 e. The van der Waals surface area contributed by atoms with E-state index in [-0.39, 0.29) is 17.3 Å². The molecule has 0 radical (unpaired) electrons. The van der Waals surface area contributed by atoms with Crippen molar-refractivity contribution in [3.05, 3.63) is 64.7 Å². The van der Waals surface area contributed by atoms with E-state index in [0.29, 0.717) is 24.5 Å². The number of rotatable bonds is 10. The average molecular weight is 466 g/mol. The number of methoxy groups -OCH3 is 1. The topological polar surface area (TPSA) is 76.1 Å². The summed E-state index contributed by atoms with van der Waals surface area (Å²) in [6.45, 7) is 9.08. The van der Waals surface area contributed by atoms with Gasteiger partial charge in [-0.05, 0) is 60.7 Å². The van der Waals surface area contributed by atoms with Crippen LogP contribution in [0.2, 0.25) is 0 Å². The molecular formula is C28H35NO5. The molecule has 1 saturated heterocycles. The third kappa shape index (κ3) is 5.11. The van der Waals surface area contributed by atoms with E-state index in [9.17, 15) is 14.7 Å². The van der Waals surface area contributed by atoms with Gasteiger partial charge >= 0.3 is 0 Å². The quantitative estimate of drug-likeness (QED) is 0.207. The number of benzene rings is 2. The predicted molar refractivity (Wildman–Crippen MR) is 133 cm³/mol. The minimum absolute atomic E-state index is 0.105. The van der Waals surface area contributed by atoms with Gasteiger partial charge in [-0.3, -0.25) is 9.59 Å². The van der Waals surface area contributed by atoms with Gasteiger partial charge < -0.3 is 19.5 Å². The molecule has 1 heterocycles. The van der Waals surface area contributed by atoms with Crippen LogP contribution in [-0.2, 0) is 9.59 Å². The average Bonchev–Trinajstić information content (AvgIpc) is 3.09. The van der Waals surface area contributed by atoms with E-state index in [4.69, 9.17) is 9.47 Å². The number of likely N-dealkylation sites (tertiary alicyclic amines) is 1. The van der Waals surface area contributed by atoms with Gasteiger partial charge in [0, 0.05) is 12.1 Å². The molecule has 2 aromatic carbocycles. The van der Waals surface area contributed by atoms with Crippen molar-refractivity contribution in [2.45, 2.75) is 58.9 Å². The Kier molecular flexibility index (Phi) is 8.37. The molecule has 2 aromatic rings. The van der Waals surface area contributed by atoms with Crippen LogP contribution in [0, 0.1) is 0 Å². The van der Waals surface area contributed by atoms with Gasteiger partial charge in [-0.1, -0.05) is 45.7 Å². The number of nitrogens with zero attached hydrogens (tertiary/aromatic N) is 1. The summed E-state index contributed by atoms with van der Waals surface area (Å²) in [7, 11) is 1.57. The number of ether oxygens (including phenoxy) is 2. The van der Waals surface area contributed by atoms with Crippen LogP contribution >= 0.6 is 0 Å². The first-order valence-corrected chi connectivity index (χ1v) is 12.0. The van der Waals surface area contributed by atoms with Crippen LogP contribution in [0.15, 0.2) is 48.0 Å². The van der Waals surface area contributed by atoms with Crippen molar-refractivity contribution >= 4 is 17.4 Å². The van der Waals surface area contributed by atoms with Crippen molar-refractivity contribution in [3.63, 3.8) is 0 Å². The molecule has 1 aliphatic heterocycles. The molecule has 34 heavy (non-hydrogen) atoms. The van der Waals surface area contributed by atoms with Gasteiger partial charge in [0.05, 0.1) is 25.3 Å². The molecule has 0 aliphatic carbocycles. The largest absolute Gasteiger partial charge is 0.507 e. The number of hydrogen-bond acceptors (Lipinski definition) is 5. The summed E-state index contributed by atoms with van der Waals surface area (Å²) in [5.41, 5.74) is 2.26. The maximum absolute atomic E-state index is 13.2. The van der Waals surface area contributed by atoms with E-state index in [1.165, 1.54) is 0 Å². The van der Waals surface area contributed by atoms with Gasteiger partial charge in [-0.2, -0.15) is 0 Å². The second-order valence-electron chi connectivity index (χ2n) is 8.82. The molecule has 1 amide bonds. The first kappa shape index (κ1) is 25.3. The Morgan fingerprint density at radius 1 is 1.09 bits per heavy atom. The molecule has 182 valence electrons. The molecule has 0 spiro atoms. The van der Waals surface area contributed by atoms with Crippen LogP contribution in [0.5, 0.6) is 11.5 Å². The lowest BCUT2D eigenvalue weighted by Crippen LogP contribution is -2.30. The highest BCUT2D eigenvalue weighted by molar-refractivity contribution is 6.46. The lowest BCUT2D eigenvalue weighted by atomic mass is 9.93. The zero-order valence-electron chi connectivity index (χ0n) is 20.8. The summed E-state index contributed by atoms with van der Waals surface area (Å²) in [6, 6.07) is 12.0. The van der Waals surface area contributed by atoms with Gasteiger partial charge in [0.1, 0.15) is 17.3 Å². The molecule has 0 aromatic heterocycles. The summed E-state index contributed by atoms with van der Waals surface area (Å²) >= 11 is 0. The molecule has 1 fully saturated rings. The van der Waals surface area contributed by atoms with Gasteiger partial charge in [-0.15, -0.1) is 0 Å². The Hall–Kier alpha value is -3.28. The molecule has 0 saturated carbocycles. The van der Waals surface area contributed by atoms with Gasteiger partial charge in [0.25, 0.3) is 11.7 Å². The van der Waals surface area contributed by atoms with Crippen molar-refractivity contribution in [1.82, 2.24) is 4.90 Å². The maximum Gasteiger partial charge on any atom is 0.295 e. The molecule has 6 nitrogen and oxygen atoms in total. The highest BCUT2D eigenvalue weighted by Crippen LogP contribution is 2.41. The minimum Gasteiger partial charge on any atom is -0.507 e. The lowest BCUT2D eigenvalue weighted by molar-refractivity contribution is -0.139. The monoisotopic (exact) mass is 465 g/mol. The van der Waals surface area contributed by atoms with Crippen molar-refractivity contribution < 1.29 is 24.2 Å². The first-order chi connectivity index (χ1) is 16.3. The van der Waals surface area contributed by atoms with E-state index >= 15 is 0 Å². The zero-order valence-corrected chi connectivity index (χ0v) is 20.8. The highest BCUT2D eigenvalue weighted by atomic mass is 16.5. The Morgan fingerprint density at radius 2 is 1.85 bits per heavy atom. The number of aliphatic hydroxyl groups excluding tert-OH is 1. The second kappa shape index (κ2) is 11.2. The van der Waals surface area contributed by atoms with E-state index in [1.54, 1.807) is 18.1 Å². The maximum atomic E-state index is 13.2. The SMILES string of the molecule is CCCCCN1C(=O)C(=O)/C(=C(\O)c2ccc(OCC)c(C(C)C)c2)C1c1cccc(OC)c1. The Morgan fingerprint density at radius 3 is 2.50 bits per heavy atom. The normalized spacial score (nSPS) is 17.5. The fourth-order valence-electron chi connectivity index (χ4n) is 4.39. The minimum atomic E-state index is -0.680. The Bertz CT molecular complexity index is 1070. The standard InChI is InChI=1S/C28H35NO5/c1-6-8-9-15-29-25(19-11-10-12-21(16-19)33-5)24(27(31)28(29)32)26(30)20-13-14-23(34-7-2)22(17-20)18(3)4/h10-14,16-18,25,30H,6-9,15H2,1-5H3/b26-24-. The summed E-state index contributed by atoms with van der Waals surface area (Å²) in [6.07, 6.45) is 2.73. The summed E-state index contributed by atoms with van der Waals surface area (Å²) in [5.74, 6) is 0.106. The number of hydrogen-bond donors (Lipinski definition) is 1. The molecular weight excluding hydrogens is 430 g/mol. The van der Waals surface area contributed by atoms with Crippen LogP contribution in [0.4, 0.5) is 0 Å². The third-order valence-corrected chi connectivity index (χ3v) is 6.16. The van der Waals surface area contributed by atoms with Crippen molar-refractivity contribution in [1.29, 1.82) is 0 Å². The van der Waals surface area contributed by atoms with Gasteiger partial charge in [-0.25, -0.2) is 0 Å². The summed E-state index contributed by atoms with van der Waals surface area (Å²) in [5, 5.41) is 11.4. The molecule has 3 rings (SSSR count). The van der Waals surface area contributed by atoms with Crippen LogP contribution in [0.25, 0.3) is 5.76 Å². The number of unbranched alkanes of at least 4 members (excludes halogenated alkanes) is 2. The number of aliphatic hydroxyl groups is 1. The van der Waals surface area contributed by atoms with Gasteiger partial charge in [0.15, 0.2) is 0 Å². The van der Waals surface area contributed by atoms with Crippen LogP contribution in [0.1, 0.15) is 75.6 Å². The number of ketones is 1. The second-order valence-corrected chi connectivity index (χ2v) is 8.82. The fraction of sp³-hybridized carbons (Fsp3) is 0.429. The van der Waals surface area contributed by atoms with Crippen molar-refractivity contribution in [2.75, 3.05) is 20.3 Å². The van der Waals surface area contributed by atoms with Crippen LogP contribution < -0.4 is 9.47 Å².